The van der Waals surface area contributed by atoms with Gasteiger partial charge in [-0.25, -0.2) is 15.1 Å². The highest BCUT2D eigenvalue weighted by Gasteiger charge is 2.50. The Labute approximate surface area is 132 Å². The SMILES string of the molecule is CCOc1ccc(N2C(=O)C3=C(C(=O)OC)NNC3C2=O)cc1. The molecule has 3 rings (SSSR count). The number of fused-ring (bicyclic) bond motifs is 1. The minimum Gasteiger partial charge on any atom is -0.494 e. The molecule has 2 aliphatic heterocycles. The van der Waals surface area contributed by atoms with E-state index in [1.165, 1.54) is 7.11 Å². The summed E-state index contributed by atoms with van der Waals surface area (Å²) in [5, 5.41) is 0. The second-order valence-electron chi connectivity index (χ2n) is 4.89. The quantitative estimate of drug-likeness (QED) is 0.589. The van der Waals surface area contributed by atoms with Crippen molar-refractivity contribution in [2.24, 2.45) is 0 Å². The number of nitrogens with one attached hydrogen (secondary N) is 2. The fraction of sp³-hybridized carbons (Fsp3) is 0.267. The van der Waals surface area contributed by atoms with Crippen LogP contribution in [0.5, 0.6) is 5.75 Å². The van der Waals surface area contributed by atoms with E-state index in [1.54, 1.807) is 24.3 Å². The van der Waals surface area contributed by atoms with Gasteiger partial charge in [-0.1, -0.05) is 0 Å². The molecule has 2 heterocycles. The first-order valence-electron chi connectivity index (χ1n) is 7.03. The smallest absolute Gasteiger partial charge is 0.356 e. The predicted molar refractivity (Wildman–Crippen MR) is 79.2 cm³/mol. The number of hydrogen-bond acceptors (Lipinski definition) is 7. The van der Waals surface area contributed by atoms with Crippen LogP contribution >= 0.6 is 0 Å². The summed E-state index contributed by atoms with van der Waals surface area (Å²) in [6, 6.07) is 5.69. The van der Waals surface area contributed by atoms with Crippen LogP contribution in [-0.4, -0.2) is 37.5 Å². The van der Waals surface area contributed by atoms with Gasteiger partial charge in [0.2, 0.25) is 0 Å². The summed E-state index contributed by atoms with van der Waals surface area (Å²) in [6.07, 6.45) is 0. The van der Waals surface area contributed by atoms with Crippen LogP contribution in [-0.2, 0) is 19.1 Å². The Morgan fingerprint density at radius 1 is 1.26 bits per heavy atom. The Hall–Kier alpha value is -2.87. The van der Waals surface area contributed by atoms with Crippen LogP contribution in [0.4, 0.5) is 5.69 Å². The van der Waals surface area contributed by atoms with Crippen molar-refractivity contribution in [3.63, 3.8) is 0 Å². The molecule has 0 saturated carbocycles. The molecule has 23 heavy (non-hydrogen) atoms. The molecule has 2 amide bonds. The molecule has 0 spiro atoms. The van der Waals surface area contributed by atoms with Gasteiger partial charge in [0, 0.05) is 0 Å². The van der Waals surface area contributed by atoms with Crippen molar-refractivity contribution in [3.05, 3.63) is 35.5 Å². The number of ether oxygens (including phenoxy) is 2. The van der Waals surface area contributed by atoms with Gasteiger partial charge in [-0.3, -0.25) is 9.59 Å². The summed E-state index contributed by atoms with van der Waals surface area (Å²) in [4.78, 5) is 37.7. The minimum absolute atomic E-state index is 0.0377. The van der Waals surface area contributed by atoms with Crippen LogP contribution in [0.15, 0.2) is 35.5 Å². The molecule has 0 aliphatic carbocycles. The molecular weight excluding hydrogens is 302 g/mol. The minimum atomic E-state index is -0.900. The van der Waals surface area contributed by atoms with Gasteiger partial charge < -0.3 is 14.9 Å². The fourth-order valence-corrected chi connectivity index (χ4v) is 2.56. The van der Waals surface area contributed by atoms with E-state index in [4.69, 9.17) is 4.74 Å². The van der Waals surface area contributed by atoms with Gasteiger partial charge in [-0.05, 0) is 31.2 Å². The van der Waals surface area contributed by atoms with Crippen molar-refractivity contribution in [2.45, 2.75) is 13.0 Å². The molecule has 8 nitrogen and oxygen atoms in total. The van der Waals surface area contributed by atoms with Crippen LogP contribution in [0.1, 0.15) is 6.92 Å². The second kappa shape index (κ2) is 5.73. The number of anilines is 1. The summed E-state index contributed by atoms with van der Waals surface area (Å²) >= 11 is 0. The molecule has 0 aromatic heterocycles. The lowest BCUT2D eigenvalue weighted by Crippen LogP contribution is -2.42. The van der Waals surface area contributed by atoms with Crippen LogP contribution in [0.2, 0.25) is 0 Å². The zero-order chi connectivity index (χ0) is 16.6. The van der Waals surface area contributed by atoms with Gasteiger partial charge in [0.15, 0.2) is 0 Å². The molecule has 2 aliphatic rings. The van der Waals surface area contributed by atoms with Crippen molar-refractivity contribution in [1.29, 1.82) is 0 Å². The normalized spacial score (nSPS) is 19.7. The maximum atomic E-state index is 12.6. The van der Waals surface area contributed by atoms with Gasteiger partial charge in [-0.15, -0.1) is 0 Å². The van der Waals surface area contributed by atoms with E-state index in [0.717, 1.165) is 4.90 Å². The number of benzene rings is 1. The van der Waals surface area contributed by atoms with Crippen LogP contribution < -0.4 is 20.5 Å². The Balaban J connectivity index is 1.95. The van der Waals surface area contributed by atoms with E-state index in [0.29, 0.717) is 18.0 Å². The van der Waals surface area contributed by atoms with Gasteiger partial charge in [0.1, 0.15) is 17.5 Å². The van der Waals surface area contributed by atoms with E-state index in [1.807, 2.05) is 6.92 Å². The number of rotatable bonds is 4. The zero-order valence-corrected chi connectivity index (χ0v) is 12.6. The van der Waals surface area contributed by atoms with E-state index >= 15 is 0 Å². The topological polar surface area (TPSA) is 97.0 Å². The lowest BCUT2D eigenvalue weighted by Gasteiger charge is -2.16. The molecule has 1 saturated heterocycles. The number of amides is 2. The lowest BCUT2D eigenvalue weighted by molar-refractivity contribution is -0.137. The van der Waals surface area contributed by atoms with Crippen LogP contribution in [0.3, 0.4) is 0 Å². The molecule has 1 atom stereocenters. The number of hydrogen-bond donors (Lipinski definition) is 2. The highest BCUT2D eigenvalue weighted by Crippen LogP contribution is 2.31. The van der Waals surface area contributed by atoms with Crippen molar-refractivity contribution in [3.8, 4) is 5.75 Å². The number of methoxy groups -OCH3 is 1. The van der Waals surface area contributed by atoms with E-state index in [9.17, 15) is 14.4 Å². The Bertz CT molecular complexity index is 710. The average molecular weight is 317 g/mol. The zero-order valence-electron chi connectivity index (χ0n) is 12.6. The largest absolute Gasteiger partial charge is 0.494 e. The second-order valence-corrected chi connectivity index (χ2v) is 4.89. The lowest BCUT2D eigenvalue weighted by atomic mass is 10.1. The highest BCUT2D eigenvalue weighted by atomic mass is 16.5. The molecule has 2 N–H and O–H groups in total. The number of carbonyl (C=O) groups excluding carboxylic acids is 3. The van der Waals surface area contributed by atoms with Crippen molar-refractivity contribution in [2.75, 3.05) is 18.6 Å². The standard InChI is InChI=1S/C15H15N3O5/c1-3-23-9-6-4-8(5-7-9)18-13(19)10-11(14(18)20)16-17-12(10)15(21)22-2/h4-7,11,16-17H,3H2,1-2H3. The maximum Gasteiger partial charge on any atom is 0.356 e. The average Bonchev–Trinajstić information content (AvgIpc) is 3.09. The highest BCUT2D eigenvalue weighted by molar-refractivity contribution is 6.32. The predicted octanol–water partition coefficient (Wildman–Crippen LogP) is -0.138. The number of imide groups is 1. The number of esters is 1. The Kier molecular flexibility index (Phi) is 3.75. The summed E-state index contributed by atoms with van der Waals surface area (Å²) in [6.45, 7) is 2.38. The van der Waals surface area contributed by atoms with Crippen molar-refractivity contribution < 1.29 is 23.9 Å². The summed E-state index contributed by atoms with van der Waals surface area (Å²) in [7, 11) is 1.20. The van der Waals surface area contributed by atoms with E-state index in [-0.39, 0.29) is 11.3 Å². The van der Waals surface area contributed by atoms with Gasteiger partial charge in [-0.2, -0.15) is 0 Å². The van der Waals surface area contributed by atoms with Gasteiger partial charge >= 0.3 is 5.97 Å². The number of nitrogens with zero attached hydrogens (tertiary/aromatic N) is 1. The Morgan fingerprint density at radius 3 is 2.57 bits per heavy atom. The summed E-state index contributed by atoms with van der Waals surface area (Å²) in [5.41, 5.74) is 5.61. The van der Waals surface area contributed by atoms with Gasteiger partial charge in [0.25, 0.3) is 11.8 Å². The maximum absolute atomic E-state index is 12.6. The third-order valence-corrected chi connectivity index (χ3v) is 3.60. The third kappa shape index (κ3) is 2.33. The fourth-order valence-electron chi connectivity index (χ4n) is 2.56. The molecular formula is C15H15N3O5. The van der Waals surface area contributed by atoms with Gasteiger partial charge in [0.05, 0.1) is 25.0 Å². The summed E-state index contributed by atoms with van der Waals surface area (Å²) < 4.78 is 9.95. The third-order valence-electron chi connectivity index (χ3n) is 3.60. The van der Waals surface area contributed by atoms with E-state index < -0.39 is 23.8 Å². The first-order valence-corrected chi connectivity index (χ1v) is 7.03. The molecule has 0 bridgehead atoms. The van der Waals surface area contributed by atoms with E-state index in [2.05, 4.69) is 15.6 Å². The molecule has 1 aromatic carbocycles. The molecule has 1 fully saturated rings. The summed E-state index contributed by atoms with van der Waals surface area (Å²) in [5.74, 6) is -1.07. The van der Waals surface area contributed by atoms with Crippen molar-refractivity contribution >= 4 is 23.5 Å². The molecule has 1 aromatic rings. The van der Waals surface area contributed by atoms with Crippen LogP contribution in [0.25, 0.3) is 0 Å². The van der Waals surface area contributed by atoms with Crippen molar-refractivity contribution in [1.82, 2.24) is 10.9 Å². The molecule has 120 valence electrons. The first kappa shape index (κ1) is 15.0. The number of carbonyl (C=O) groups is 3. The molecule has 0 radical (unpaired) electrons. The monoisotopic (exact) mass is 317 g/mol. The first-order chi connectivity index (χ1) is 11.1. The number of hydrazine groups is 1. The Morgan fingerprint density at radius 2 is 1.96 bits per heavy atom. The van der Waals surface area contributed by atoms with Crippen LogP contribution in [0, 0.1) is 0 Å². The molecule has 1 unspecified atom stereocenters. The molecule has 8 heteroatoms.